The predicted octanol–water partition coefficient (Wildman–Crippen LogP) is 5.16. The molecule has 3 unspecified atom stereocenters. The molecule has 2 aromatic rings. The first-order valence-electron chi connectivity index (χ1n) is 17.3. The van der Waals surface area contributed by atoms with Crippen molar-refractivity contribution in [2.24, 2.45) is 5.92 Å². The van der Waals surface area contributed by atoms with E-state index in [1.54, 1.807) is 65.0 Å². The Morgan fingerprint density at radius 2 is 1.51 bits per heavy atom. The van der Waals surface area contributed by atoms with Crippen molar-refractivity contribution in [1.29, 1.82) is 0 Å². The Balaban J connectivity index is 1.59. The van der Waals surface area contributed by atoms with Gasteiger partial charge in [0, 0.05) is 24.7 Å². The first-order chi connectivity index (χ1) is 23.8. The van der Waals surface area contributed by atoms with Crippen molar-refractivity contribution in [2.75, 3.05) is 28.8 Å². The molecule has 12 nitrogen and oxygen atoms in total. The SMILES string of the molecule is Cc1cc(S(=O)(=O)N2c3ccccc3N(C(C=O)OC(C)(C)C)C(=O)C2CC(=O)NCCC2CCN(C(C=O)OC(C)(C)C)CC2)c(C)cc1Cl. The molecule has 0 aromatic heterocycles. The molecule has 1 saturated heterocycles. The summed E-state index contributed by atoms with van der Waals surface area (Å²) in [7, 11) is -4.45. The number of hydrogen-bond acceptors (Lipinski definition) is 9. The molecule has 2 amide bonds. The lowest BCUT2D eigenvalue weighted by Crippen LogP contribution is -2.60. The minimum absolute atomic E-state index is 0.0557. The monoisotopic (exact) mass is 746 g/mol. The minimum atomic E-state index is -4.45. The lowest BCUT2D eigenvalue weighted by atomic mass is 9.93. The van der Waals surface area contributed by atoms with Gasteiger partial charge >= 0.3 is 0 Å². The number of fused-ring (bicyclic) bond motifs is 1. The molecule has 0 aliphatic carbocycles. The zero-order valence-corrected chi connectivity index (χ0v) is 32.3. The van der Waals surface area contributed by atoms with Crippen molar-refractivity contribution in [3.8, 4) is 0 Å². The van der Waals surface area contributed by atoms with Crippen LogP contribution < -0.4 is 14.5 Å². The van der Waals surface area contributed by atoms with Crippen molar-refractivity contribution in [3.63, 3.8) is 0 Å². The number of piperidine rings is 1. The molecule has 0 saturated carbocycles. The van der Waals surface area contributed by atoms with Gasteiger partial charge in [0.2, 0.25) is 5.91 Å². The van der Waals surface area contributed by atoms with Crippen molar-refractivity contribution < 1.29 is 37.1 Å². The van der Waals surface area contributed by atoms with E-state index in [1.807, 2.05) is 25.7 Å². The van der Waals surface area contributed by atoms with E-state index >= 15 is 0 Å². The van der Waals surface area contributed by atoms with Gasteiger partial charge in [0.15, 0.2) is 25.0 Å². The van der Waals surface area contributed by atoms with Gasteiger partial charge in [-0.15, -0.1) is 0 Å². The first-order valence-corrected chi connectivity index (χ1v) is 19.1. The number of nitrogens with zero attached hydrogens (tertiary/aromatic N) is 3. The third-order valence-electron chi connectivity index (χ3n) is 8.88. The molecule has 0 radical (unpaired) electrons. The number of carbonyl (C=O) groups excluding carboxylic acids is 4. The summed E-state index contributed by atoms with van der Waals surface area (Å²) in [5.74, 6) is -1.00. The number of ether oxygens (including phenoxy) is 2. The number of amides is 2. The van der Waals surface area contributed by atoms with Gasteiger partial charge < -0.3 is 14.8 Å². The minimum Gasteiger partial charge on any atom is -0.356 e. The molecule has 2 aromatic carbocycles. The third kappa shape index (κ3) is 9.75. The van der Waals surface area contributed by atoms with Crippen LogP contribution in [0.3, 0.4) is 0 Å². The zero-order valence-electron chi connectivity index (χ0n) is 30.8. The van der Waals surface area contributed by atoms with Crippen molar-refractivity contribution in [2.45, 2.75) is 116 Å². The quantitative estimate of drug-likeness (QED) is 0.275. The lowest BCUT2D eigenvalue weighted by Gasteiger charge is -2.44. The predicted molar refractivity (Wildman–Crippen MR) is 196 cm³/mol. The smallest absolute Gasteiger partial charge is 0.265 e. The van der Waals surface area contributed by atoms with Crippen LogP contribution in [-0.4, -0.2) is 87.0 Å². The Morgan fingerprint density at radius 3 is 2.08 bits per heavy atom. The Hall–Kier alpha value is -3.36. The number of para-hydroxylation sites is 2. The number of benzene rings is 2. The number of carbonyl (C=O) groups is 4. The molecule has 14 heteroatoms. The maximum absolute atomic E-state index is 14.6. The summed E-state index contributed by atoms with van der Waals surface area (Å²) in [6.07, 6.45) is 1.11. The van der Waals surface area contributed by atoms with Crippen LogP contribution in [0.2, 0.25) is 5.02 Å². The van der Waals surface area contributed by atoms with Gasteiger partial charge in [0.25, 0.3) is 15.9 Å². The van der Waals surface area contributed by atoms with Gasteiger partial charge in [-0.1, -0.05) is 23.7 Å². The molecule has 0 spiro atoms. The van der Waals surface area contributed by atoms with Gasteiger partial charge in [-0.25, -0.2) is 8.42 Å². The van der Waals surface area contributed by atoms with Gasteiger partial charge in [0.1, 0.15) is 6.04 Å². The first kappa shape index (κ1) is 40.4. The number of rotatable bonds is 13. The largest absolute Gasteiger partial charge is 0.356 e. The Kier molecular flexibility index (Phi) is 12.8. The van der Waals surface area contributed by atoms with Crippen molar-refractivity contribution >= 4 is 57.4 Å². The summed E-state index contributed by atoms with van der Waals surface area (Å²) in [6, 6.07) is 7.83. The maximum Gasteiger partial charge on any atom is 0.265 e. The van der Waals surface area contributed by atoms with E-state index in [1.165, 1.54) is 6.07 Å². The summed E-state index contributed by atoms with van der Waals surface area (Å²) in [4.78, 5) is 55.3. The van der Waals surface area contributed by atoms with Gasteiger partial charge in [-0.3, -0.25) is 33.3 Å². The fourth-order valence-corrected chi connectivity index (χ4v) is 8.62. The van der Waals surface area contributed by atoms with Crippen molar-refractivity contribution in [3.05, 3.63) is 52.5 Å². The Bertz CT molecular complexity index is 1710. The molecular weight excluding hydrogens is 696 g/mol. The highest BCUT2D eigenvalue weighted by molar-refractivity contribution is 7.93. The Morgan fingerprint density at radius 1 is 0.941 bits per heavy atom. The second kappa shape index (κ2) is 16.1. The van der Waals surface area contributed by atoms with Crippen LogP contribution in [0.1, 0.15) is 78.4 Å². The average Bonchev–Trinajstić information content (AvgIpc) is 3.04. The summed E-state index contributed by atoms with van der Waals surface area (Å²) >= 11 is 6.31. The van der Waals surface area contributed by atoms with E-state index < -0.39 is 58.0 Å². The van der Waals surface area contributed by atoms with Crippen LogP contribution in [0.25, 0.3) is 0 Å². The van der Waals surface area contributed by atoms with Crippen LogP contribution >= 0.6 is 11.6 Å². The zero-order chi connectivity index (χ0) is 37.9. The second-order valence-corrected chi connectivity index (χ2v) is 17.4. The summed E-state index contributed by atoms with van der Waals surface area (Å²) < 4.78 is 42.0. The number of sulfonamides is 1. The van der Waals surface area contributed by atoms with Gasteiger partial charge in [-0.2, -0.15) is 0 Å². The number of anilines is 2. The fourth-order valence-electron chi connectivity index (χ4n) is 6.48. The van der Waals surface area contributed by atoms with E-state index in [9.17, 15) is 27.6 Å². The number of halogens is 1. The highest BCUT2D eigenvalue weighted by atomic mass is 35.5. The van der Waals surface area contributed by atoms with Crippen LogP contribution in [0, 0.1) is 19.8 Å². The van der Waals surface area contributed by atoms with Crippen LogP contribution in [0.4, 0.5) is 11.4 Å². The van der Waals surface area contributed by atoms with E-state index in [-0.39, 0.29) is 22.2 Å². The number of aryl methyl sites for hydroxylation is 2. The van der Waals surface area contributed by atoms with E-state index in [4.69, 9.17) is 21.1 Å². The van der Waals surface area contributed by atoms with Crippen LogP contribution in [-0.2, 0) is 38.7 Å². The van der Waals surface area contributed by atoms with Gasteiger partial charge in [0.05, 0.1) is 33.9 Å². The third-order valence-corrected chi connectivity index (χ3v) is 11.2. The van der Waals surface area contributed by atoms with Crippen molar-refractivity contribution in [1.82, 2.24) is 10.2 Å². The number of aldehydes is 2. The topological polar surface area (TPSA) is 143 Å². The van der Waals surface area contributed by atoms with E-state index in [0.717, 1.165) is 28.3 Å². The summed E-state index contributed by atoms with van der Waals surface area (Å²) in [5, 5.41) is 3.28. The molecule has 3 atom stereocenters. The highest BCUT2D eigenvalue weighted by Crippen LogP contribution is 2.42. The number of likely N-dealkylation sites (tertiary alicyclic amines) is 1. The normalized spacial score (nSPS) is 19.0. The van der Waals surface area contributed by atoms with E-state index in [2.05, 4.69) is 5.32 Å². The summed E-state index contributed by atoms with van der Waals surface area (Å²) in [6.45, 7) is 15.9. The highest BCUT2D eigenvalue weighted by Gasteiger charge is 2.48. The maximum atomic E-state index is 14.6. The summed E-state index contributed by atoms with van der Waals surface area (Å²) in [5.41, 5.74) is -0.106. The molecule has 280 valence electrons. The standard InChI is InChI=1S/C37H51ClN4O8S/c1-24-20-31(25(2)19-27(24)38)51(47,48)42-29-12-10-9-11-28(29)41(34(23-44)50-37(6,7)8)35(46)30(42)21-32(45)39-16-13-26-14-17-40(18-15-26)33(22-43)49-36(3,4)5/h9-12,19-20,22-23,26,30,33-34H,13-18,21H2,1-8H3,(H,39,45). The van der Waals surface area contributed by atoms with Gasteiger partial charge in [-0.05, 0) is 116 Å². The average molecular weight is 747 g/mol. The molecule has 1 fully saturated rings. The fraction of sp³-hybridized carbons (Fsp3) is 0.568. The molecular formula is C37H51ClN4O8S. The second-order valence-electron chi connectivity index (χ2n) is 15.2. The van der Waals surface area contributed by atoms with Crippen LogP contribution in [0.5, 0.6) is 0 Å². The number of hydrogen-bond donors (Lipinski definition) is 1. The van der Waals surface area contributed by atoms with Crippen LogP contribution in [0.15, 0.2) is 41.3 Å². The molecule has 2 aliphatic rings. The molecule has 2 heterocycles. The molecule has 1 N–H and O–H groups in total. The lowest BCUT2D eigenvalue weighted by molar-refractivity contribution is -0.155. The molecule has 51 heavy (non-hydrogen) atoms. The molecule has 0 bridgehead atoms. The van der Waals surface area contributed by atoms with E-state index in [0.29, 0.717) is 48.5 Å². The Labute approximate surface area is 306 Å². The molecule has 4 rings (SSSR count). The molecule has 2 aliphatic heterocycles. The number of nitrogens with one attached hydrogen (secondary N) is 1.